The summed E-state index contributed by atoms with van der Waals surface area (Å²) >= 11 is 0. The van der Waals surface area contributed by atoms with Crippen molar-refractivity contribution in [3.8, 4) is 0 Å². The molecule has 0 aromatic heterocycles. The van der Waals surface area contributed by atoms with Crippen molar-refractivity contribution in [1.29, 1.82) is 0 Å². The molecule has 0 N–H and O–H groups in total. The lowest BCUT2D eigenvalue weighted by molar-refractivity contribution is 0.0512. The van der Waals surface area contributed by atoms with E-state index in [1.54, 1.807) is 0 Å². The van der Waals surface area contributed by atoms with Gasteiger partial charge >= 0.3 is 0 Å². The average molecular weight is 293 g/mol. The van der Waals surface area contributed by atoms with Gasteiger partial charge in [-0.15, -0.1) is 0 Å². The number of hydrogen-bond donors (Lipinski definition) is 0. The second-order valence-electron chi connectivity index (χ2n) is 8.15. The highest BCUT2D eigenvalue weighted by Crippen LogP contribution is 2.44. The fourth-order valence-electron chi connectivity index (χ4n) is 5.09. The summed E-state index contributed by atoms with van der Waals surface area (Å²) in [5.74, 6) is 0.985. The SMILES string of the molecule is CCCN1CCC(CN2CCC3(CCCCC3)CC2)CC1. The molecule has 0 aromatic carbocycles. The molecule has 0 bridgehead atoms. The molecule has 21 heavy (non-hydrogen) atoms. The van der Waals surface area contributed by atoms with Crippen molar-refractivity contribution in [1.82, 2.24) is 9.80 Å². The van der Waals surface area contributed by atoms with Gasteiger partial charge in [0.2, 0.25) is 0 Å². The Morgan fingerprint density at radius 2 is 1.48 bits per heavy atom. The van der Waals surface area contributed by atoms with Gasteiger partial charge in [0, 0.05) is 6.54 Å². The van der Waals surface area contributed by atoms with Crippen molar-refractivity contribution in [2.24, 2.45) is 11.3 Å². The van der Waals surface area contributed by atoms with Crippen LogP contribution in [0.4, 0.5) is 0 Å². The quantitative estimate of drug-likeness (QED) is 0.768. The maximum Gasteiger partial charge on any atom is 0.00106 e. The Labute approximate surface area is 132 Å². The predicted octanol–water partition coefficient (Wildman–Crippen LogP) is 4.15. The van der Waals surface area contributed by atoms with Crippen molar-refractivity contribution in [2.75, 3.05) is 39.3 Å². The Morgan fingerprint density at radius 1 is 0.810 bits per heavy atom. The molecule has 1 spiro atoms. The molecule has 1 saturated carbocycles. The first-order chi connectivity index (χ1) is 10.3. The van der Waals surface area contributed by atoms with Crippen molar-refractivity contribution in [2.45, 2.75) is 71.1 Å². The van der Waals surface area contributed by atoms with Gasteiger partial charge in [-0.2, -0.15) is 0 Å². The molecule has 122 valence electrons. The normalized spacial score (nSPS) is 29.0. The van der Waals surface area contributed by atoms with E-state index in [2.05, 4.69) is 16.7 Å². The molecule has 0 atom stereocenters. The molecular weight excluding hydrogens is 256 g/mol. The highest BCUT2D eigenvalue weighted by molar-refractivity contribution is 4.89. The minimum atomic E-state index is 0.777. The largest absolute Gasteiger partial charge is 0.303 e. The van der Waals surface area contributed by atoms with Crippen LogP contribution in [0, 0.1) is 11.3 Å². The number of nitrogens with zero attached hydrogens (tertiary/aromatic N) is 2. The van der Waals surface area contributed by atoms with Gasteiger partial charge in [0.1, 0.15) is 0 Å². The highest BCUT2D eigenvalue weighted by Gasteiger charge is 2.35. The van der Waals surface area contributed by atoms with Crippen LogP contribution in [0.1, 0.15) is 71.1 Å². The molecule has 2 aliphatic heterocycles. The number of likely N-dealkylation sites (tertiary alicyclic amines) is 2. The van der Waals surface area contributed by atoms with Crippen LogP contribution in [0.15, 0.2) is 0 Å². The highest BCUT2D eigenvalue weighted by atomic mass is 15.2. The van der Waals surface area contributed by atoms with Gasteiger partial charge in [-0.05, 0) is 89.0 Å². The van der Waals surface area contributed by atoms with E-state index in [0.29, 0.717) is 0 Å². The molecule has 2 heterocycles. The molecule has 3 rings (SSSR count). The molecule has 3 fully saturated rings. The molecule has 0 amide bonds. The summed E-state index contributed by atoms with van der Waals surface area (Å²) in [4.78, 5) is 5.48. The molecule has 0 radical (unpaired) electrons. The molecule has 0 aromatic rings. The van der Waals surface area contributed by atoms with E-state index in [-0.39, 0.29) is 0 Å². The van der Waals surface area contributed by atoms with Gasteiger partial charge in [-0.3, -0.25) is 0 Å². The van der Waals surface area contributed by atoms with Crippen molar-refractivity contribution < 1.29 is 0 Å². The van der Waals surface area contributed by atoms with Crippen molar-refractivity contribution in [3.63, 3.8) is 0 Å². The van der Waals surface area contributed by atoms with Crippen LogP contribution in [-0.4, -0.2) is 49.1 Å². The van der Waals surface area contributed by atoms with Crippen LogP contribution in [0.3, 0.4) is 0 Å². The number of piperidine rings is 2. The molecule has 2 heteroatoms. The average Bonchev–Trinajstić information content (AvgIpc) is 2.53. The fraction of sp³-hybridized carbons (Fsp3) is 1.00. The van der Waals surface area contributed by atoms with Crippen molar-refractivity contribution >= 4 is 0 Å². The molecule has 1 aliphatic carbocycles. The lowest BCUT2D eigenvalue weighted by Gasteiger charge is -2.45. The van der Waals surface area contributed by atoms with E-state index in [9.17, 15) is 0 Å². The van der Waals surface area contributed by atoms with E-state index < -0.39 is 0 Å². The minimum absolute atomic E-state index is 0.777. The van der Waals surface area contributed by atoms with E-state index in [1.165, 1.54) is 103 Å². The van der Waals surface area contributed by atoms with Gasteiger partial charge in [-0.25, -0.2) is 0 Å². The van der Waals surface area contributed by atoms with Crippen LogP contribution in [0.2, 0.25) is 0 Å². The Morgan fingerprint density at radius 3 is 2.10 bits per heavy atom. The monoisotopic (exact) mass is 292 g/mol. The molecule has 2 saturated heterocycles. The van der Waals surface area contributed by atoms with Gasteiger partial charge in [0.15, 0.2) is 0 Å². The lowest BCUT2D eigenvalue weighted by atomic mass is 9.68. The third kappa shape index (κ3) is 4.22. The molecule has 0 unspecified atom stereocenters. The minimum Gasteiger partial charge on any atom is -0.303 e. The third-order valence-electron chi connectivity index (χ3n) is 6.59. The summed E-state index contributed by atoms with van der Waals surface area (Å²) in [6.07, 6.45) is 14.8. The van der Waals surface area contributed by atoms with E-state index >= 15 is 0 Å². The zero-order valence-electron chi connectivity index (χ0n) is 14.3. The number of rotatable bonds is 4. The van der Waals surface area contributed by atoms with Gasteiger partial charge in [0.05, 0.1) is 0 Å². The zero-order valence-corrected chi connectivity index (χ0v) is 14.3. The fourth-order valence-corrected chi connectivity index (χ4v) is 5.09. The summed E-state index contributed by atoms with van der Waals surface area (Å²) in [5, 5.41) is 0. The van der Waals surface area contributed by atoms with Crippen LogP contribution < -0.4 is 0 Å². The Hall–Kier alpha value is -0.0800. The van der Waals surface area contributed by atoms with Crippen molar-refractivity contribution in [3.05, 3.63) is 0 Å². The maximum absolute atomic E-state index is 2.81. The second kappa shape index (κ2) is 7.46. The van der Waals surface area contributed by atoms with Gasteiger partial charge < -0.3 is 9.80 Å². The van der Waals surface area contributed by atoms with E-state index in [0.717, 1.165) is 11.3 Å². The maximum atomic E-state index is 2.81. The topological polar surface area (TPSA) is 6.48 Å². The molecular formula is C19H36N2. The number of hydrogen-bond acceptors (Lipinski definition) is 2. The first-order valence-corrected chi connectivity index (χ1v) is 9.74. The van der Waals surface area contributed by atoms with Crippen LogP contribution in [-0.2, 0) is 0 Å². The van der Waals surface area contributed by atoms with Crippen LogP contribution >= 0.6 is 0 Å². The summed E-state index contributed by atoms with van der Waals surface area (Å²) in [6.45, 7) is 10.5. The first-order valence-electron chi connectivity index (χ1n) is 9.74. The zero-order chi connectivity index (χ0) is 14.5. The molecule has 3 aliphatic rings. The Bertz CT molecular complexity index is 291. The second-order valence-corrected chi connectivity index (χ2v) is 8.15. The third-order valence-corrected chi connectivity index (χ3v) is 6.59. The smallest absolute Gasteiger partial charge is 0.00106 e. The Balaban J connectivity index is 1.38. The van der Waals surface area contributed by atoms with Gasteiger partial charge in [0.25, 0.3) is 0 Å². The van der Waals surface area contributed by atoms with E-state index in [1.807, 2.05) is 0 Å². The predicted molar refractivity (Wildman–Crippen MR) is 90.6 cm³/mol. The summed E-state index contributed by atoms with van der Waals surface area (Å²) in [6, 6.07) is 0. The Kier molecular flexibility index (Phi) is 5.61. The summed E-state index contributed by atoms with van der Waals surface area (Å²) in [5.41, 5.74) is 0.777. The van der Waals surface area contributed by atoms with Crippen LogP contribution in [0.5, 0.6) is 0 Å². The summed E-state index contributed by atoms with van der Waals surface area (Å²) < 4.78 is 0. The summed E-state index contributed by atoms with van der Waals surface area (Å²) in [7, 11) is 0. The lowest BCUT2D eigenvalue weighted by Crippen LogP contribution is -2.44. The first kappa shape index (κ1) is 15.8. The standard InChI is InChI=1S/C19H36N2/c1-2-12-20-13-6-18(7-14-20)17-21-15-10-19(11-16-21)8-4-3-5-9-19/h18H,2-17H2,1H3. The molecule has 2 nitrogen and oxygen atoms in total. The van der Waals surface area contributed by atoms with Crippen LogP contribution in [0.25, 0.3) is 0 Å². The van der Waals surface area contributed by atoms with Gasteiger partial charge in [-0.1, -0.05) is 26.2 Å². The van der Waals surface area contributed by atoms with E-state index in [4.69, 9.17) is 0 Å².